The van der Waals surface area contributed by atoms with Crippen LogP contribution >= 0.6 is 0 Å². The van der Waals surface area contributed by atoms with E-state index in [2.05, 4.69) is 20.2 Å². The maximum Gasteiger partial charge on any atom is 0.400 e. The van der Waals surface area contributed by atoms with Gasteiger partial charge in [0.2, 0.25) is 0 Å². The fourth-order valence-corrected chi connectivity index (χ4v) is 4.50. The van der Waals surface area contributed by atoms with Gasteiger partial charge in [-0.05, 0) is 22.4 Å². The molecule has 1 aliphatic heterocycles. The predicted octanol–water partition coefficient (Wildman–Crippen LogP) is -1.22. The van der Waals surface area contributed by atoms with Gasteiger partial charge in [-0.15, -0.1) is 12.8 Å². The highest BCUT2D eigenvalue weighted by Gasteiger charge is 2.44. The van der Waals surface area contributed by atoms with Crippen LogP contribution in [0, 0.1) is 24.7 Å². The molecule has 6 nitrogen and oxygen atoms in total. The van der Waals surface area contributed by atoms with E-state index in [1.807, 2.05) is 0 Å². The van der Waals surface area contributed by atoms with E-state index in [9.17, 15) is 17.5 Å². The summed E-state index contributed by atoms with van der Waals surface area (Å²) in [5, 5.41) is 0. The van der Waals surface area contributed by atoms with Crippen molar-refractivity contribution in [2.45, 2.75) is 12.2 Å². The highest BCUT2D eigenvalue weighted by atomic mass is 32.3. The Kier molecular flexibility index (Phi) is 6.50. The molecule has 0 radical (unpaired) electrons. The maximum atomic E-state index is 11.5. The van der Waals surface area contributed by atoms with E-state index in [1.165, 1.54) is 0 Å². The van der Waals surface area contributed by atoms with Crippen LogP contribution in [0.25, 0.3) is 0 Å². The van der Waals surface area contributed by atoms with E-state index in [1.54, 1.807) is 0 Å². The number of terminal acetylenes is 2. The van der Waals surface area contributed by atoms with Gasteiger partial charge >= 0.3 is 10.4 Å². The van der Waals surface area contributed by atoms with Gasteiger partial charge in [-0.2, -0.15) is 8.42 Å². The maximum absolute atomic E-state index is 11.5. The fraction of sp³-hybridized carbons (Fsp3) is 0.600. The summed E-state index contributed by atoms with van der Waals surface area (Å²) in [6.45, 7) is 0. The predicted molar refractivity (Wildman–Crippen MR) is 72.1 cm³/mol. The minimum atomic E-state index is -4.14. The third kappa shape index (κ3) is 5.63. The topological polar surface area (TPSA) is 98.7 Å². The van der Waals surface area contributed by atoms with E-state index < -0.39 is 45.0 Å². The van der Waals surface area contributed by atoms with Crippen LogP contribution in [0.3, 0.4) is 0 Å². The van der Waals surface area contributed by atoms with Crippen molar-refractivity contribution in [3.63, 3.8) is 0 Å². The van der Waals surface area contributed by atoms with Gasteiger partial charge in [-0.25, -0.2) is 8.37 Å². The first kappa shape index (κ1) is 16.7. The van der Waals surface area contributed by atoms with Gasteiger partial charge in [0.05, 0.1) is 0 Å². The molecular weight excluding hydrogens is 312 g/mol. The number of hydrogen-bond acceptors (Lipinski definition) is 6. The Bertz CT molecular complexity index is 438. The Hall–Kier alpha value is -0.390. The second-order valence-electron chi connectivity index (χ2n) is 3.59. The Balaban J connectivity index is 2.66. The van der Waals surface area contributed by atoms with Crippen molar-refractivity contribution in [3.8, 4) is 24.7 Å². The van der Waals surface area contributed by atoms with Crippen LogP contribution in [0.1, 0.15) is 0 Å². The molecule has 4 atom stereocenters. The SMILES string of the molecule is C#CC[S+]([O-])CC1OS(=O)(=O)OC1C[S+]([O-])CC#C. The zero-order valence-electron chi connectivity index (χ0n) is 9.81. The summed E-state index contributed by atoms with van der Waals surface area (Å²) < 4.78 is 54.7. The first-order valence-corrected chi connectivity index (χ1v) is 9.37. The van der Waals surface area contributed by atoms with Gasteiger partial charge in [0, 0.05) is 0 Å². The lowest BCUT2D eigenvalue weighted by Gasteiger charge is -2.17. The lowest BCUT2D eigenvalue weighted by Crippen LogP contribution is -2.36. The molecule has 1 saturated heterocycles. The molecule has 0 aromatic carbocycles. The summed E-state index contributed by atoms with van der Waals surface area (Å²) in [7, 11) is -4.14. The fourth-order valence-electron chi connectivity index (χ4n) is 1.39. The molecular formula is C10H12O6S3. The average Bonchev–Trinajstić information content (AvgIpc) is 2.53. The molecule has 0 spiro atoms. The third-order valence-electron chi connectivity index (χ3n) is 2.09. The molecule has 1 rings (SSSR count). The number of hydrogen-bond donors (Lipinski definition) is 0. The number of rotatable bonds is 6. The smallest absolute Gasteiger partial charge is 0.400 e. The molecule has 1 heterocycles. The highest BCUT2D eigenvalue weighted by molar-refractivity contribution is 7.92. The second kappa shape index (κ2) is 7.41. The summed E-state index contributed by atoms with van der Waals surface area (Å²) in [4.78, 5) is 0. The van der Waals surface area contributed by atoms with Crippen molar-refractivity contribution in [1.29, 1.82) is 0 Å². The Labute approximate surface area is 118 Å². The lowest BCUT2D eigenvalue weighted by atomic mass is 10.3. The van der Waals surface area contributed by atoms with E-state index in [4.69, 9.17) is 12.8 Å². The van der Waals surface area contributed by atoms with Crippen LogP contribution in [0.2, 0.25) is 0 Å². The highest BCUT2D eigenvalue weighted by Crippen LogP contribution is 2.23. The molecule has 9 heteroatoms. The van der Waals surface area contributed by atoms with Crippen LogP contribution in [0.5, 0.6) is 0 Å². The first-order chi connectivity index (χ1) is 8.88. The third-order valence-corrected chi connectivity index (χ3v) is 5.43. The van der Waals surface area contributed by atoms with E-state index in [0.717, 1.165) is 0 Å². The summed E-state index contributed by atoms with van der Waals surface area (Å²) in [5.41, 5.74) is 0. The van der Waals surface area contributed by atoms with Crippen LogP contribution in [0.15, 0.2) is 0 Å². The van der Waals surface area contributed by atoms with Crippen molar-refractivity contribution in [2.24, 2.45) is 0 Å². The van der Waals surface area contributed by atoms with Gasteiger partial charge in [0.25, 0.3) is 0 Å². The van der Waals surface area contributed by atoms with Gasteiger partial charge < -0.3 is 9.11 Å². The van der Waals surface area contributed by atoms with Crippen molar-refractivity contribution in [2.75, 3.05) is 23.0 Å². The molecule has 0 N–H and O–H groups in total. The largest absolute Gasteiger partial charge is 0.616 e. The van der Waals surface area contributed by atoms with Crippen molar-refractivity contribution < 1.29 is 25.9 Å². The molecule has 106 valence electrons. The van der Waals surface area contributed by atoms with Gasteiger partial charge in [0.1, 0.15) is 11.5 Å². The van der Waals surface area contributed by atoms with Crippen molar-refractivity contribution in [1.82, 2.24) is 0 Å². The molecule has 0 amide bonds. The minimum absolute atomic E-state index is 0.0138. The van der Waals surface area contributed by atoms with Gasteiger partial charge in [-0.1, -0.05) is 11.8 Å². The molecule has 4 unspecified atom stereocenters. The summed E-state index contributed by atoms with van der Waals surface area (Å²) in [6.07, 6.45) is 8.10. The first-order valence-electron chi connectivity index (χ1n) is 5.06. The van der Waals surface area contributed by atoms with Gasteiger partial charge in [0.15, 0.2) is 23.7 Å². The normalized spacial score (nSPS) is 28.2. The Morgan fingerprint density at radius 1 is 1.00 bits per heavy atom. The summed E-state index contributed by atoms with van der Waals surface area (Å²) >= 11 is -2.85. The quantitative estimate of drug-likeness (QED) is 0.448. The molecule has 0 aromatic rings. The molecule has 0 aromatic heterocycles. The van der Waals surface area contributed by atoms with Gasteiger partial charge in [-0.3, -0.25) is 0 Å². The molecule has 0 bridgehead atoms. The molecule has 0 saturated carbocycles. The van der Waals surface area contributed by atoms with Crippen molar-refractivity contribution in [3.05, 3.63) is 0 Å². The van der Waals surface area contributed by atoms with Crippen molar-refractivity contribution >= 4 is 32.8 Å². The van der Waals surface area contributed by atoms with Crippen LogP contribution < -0.4 is 0 Å². The summed E-state index contributed by atoms with van der Waals surface area (Å²) in [6, 6.07) is 0. The molecule has 0 aliphatic carbocycles. The Morgan fingerprint density at radius 3 is 1.68 bits per heavy atom. The van der Waals surface area contributed by atoms with Crippen LogP contribution in [0.4, 0.5) is 0 Å². The van der Waals surface area contributed by atoms with E-state index >= 15 is 0 Å². The minimum Gasteiger partial charge on any atom is -0.616 e. The monoisotopic (exact) mass is 324 g/mol. The Morgan fingerprint density at radius 2 is 1.37 bits per heavy atom. The average molecular weight is 324 g/mol. The van der Waals surface area contributed by atoms with Crippen LogP contribution in [-0.2, 0) is 41.1 Å². The standard InChI is InChI=1S/C10H12O6S3/c1-3-5-17(11)7-9-10(8-18(12)6-4-2)16-19(13,14)15-9/h1-2,9-10H,5-8H2. The molecule has 19 heavy (non-hydrogen) atoms. The zero-order valence-corrected chi connectivity index (χ0v) is 12.3. The zero-order chi connectivity index (χ0) is 14.5. The second-order valence-corrected chi connectivity index (χ2v) is 7.79. The summed E-state index contributed by atoms with van der Waals surface area (Å²) in [5.74, 6) is 4.19. The van der Waals surface area contributed by atoms with E-state index in [-0.39, 0.29) is 23.0 Å². The molecule has 1 aliphatic rings. The molecule has 1 fully saturated rings. The van der Waals surface area contributed by atoms with Crippen LogP contribution in [-0.4, -0.2) is 52.7 Å². The van der Waals surface area contributed by atoms with E-state index in [0.29, 0.717) is 0 Å². The lowest BCUT2D eigenvalue weighted by molar-refractivity contribution is 0.191.